The Labute approximate surface area is 151 Å². The first-order valence-corrected chi connectivity index (χ1v) is 9.11. The molecule has 0 radical (unpaired) electrons. The molecule has 1 aromatic carbocycles. The van der Waals surface area contributed by atoms with Crippen molar-refractivity contribution in [2.75, 3.05) is 18.4 Å². The fourth-order valence-corrected chi connectivity index (χ4v) is 3.63. The number of rotatable bonds is 3. The Bertz CT molecular complexity index is 747. The smallest absolute Gasteiger partial charge is 0.272 e. The minimum Gasteiger partial charge on any atom is -0.354 e. The van der Waals surface area contributed by atoms with Crippen LogP contribution in [0, 0.1) is 12.8 Å². The second-order valence-corrected chi connectivity index (χ2v) is 7.39. The number of nitrogens with one attached hydrogen (secondary N) is 1. The number of piperidine rings is 1. The number of benzene rings is 1. The quantitative estimate of drug-likeness (QED) is 0.824. The summed E-state index contributed by atoms with van der Waals surface area (Å²) >= 11 is 3.57. The number of halogens is 1. The van der Waals surface area contributed by atoms with Crippen LogP contribution < -0.4 is 5.32 Å². The monoisotopic (exact) mass is 387 g/mol. The molecule has 1 N–H and O–H groups in total. The van der Waals surface area contributed by atoms with E-state index in [1.807, 2.05) is 23.1 Å². The van der Waals surface area contributed by atoms with Crippen molar-refractivity contribution in [3.05, 3.63) is 52.3 Å². The number of pyridine rings is 1. The normalized spacial score (nSPS) is 17.6. The van der Waals surface area contributed by atoms with Crippen LogP contribution in [-0.2, 0) is 0 Å². The zero-order chi connectivity index (χ0) is 17.1. The Balaban J connectivity index is 1.77. The maximum atomic E-state index is 12.7. The number of hydrogen-bond acceptors (Lipinski definition) is 3. The molecule has 2 heterocycles. The average molecular weight is 388 g/mol. The highest BCUT2D eigenvalue weighted by Crippen LogP contribution is 2.27. The van der Waals surface area contributed by atoms with Crippen LogP contribution in [0.25, 0.3) is 0 Å². The summed E-state index contributed by atoms with van der Waals surface area (Å²) in [4.78, 5) is 18.9. The molecule has 0 aliphatic carbocycles. The molecule has 2 aromatic rings. The van der Waals surface area contributed by atoms with Gasteiger partial charge in [0.1, 0.15) is 5.69 Å². The van der Waals surface area contributed by atoms with Gasteiger partial charge in [0.25, 0.3) is 5.91 Å². The van der Waals surface area contributed by atoms with Crippen LogP contribution in [0.2, 0.25) is 0 Å². The van der Waals surface area contributed by atoms with Gasteiger partial charge in [-0.3, -0.25) is 9.78 Å². The van der Waals surface area contributed by atoms with E-state index < -0.39 is 0 Å². The van der Waals surface area contributed by atoms with E-state index in [2.05, 4.69) is 52.2 Å². The van der Waals surface area contributed by atoms with Crippen molar-refractivity contribution in [2.24, 2.45) is 5.92 Å². The van der Waals surface area contributed by atoms with Crippen molar-refractivity contribution in [3.63, 3.8) is 0 Å². The molecule has 5 heteroatoms. The van der Waals surface area contributed by atoms with Gasteiger partial charge in [-0.1, -0.05) is 13.0 Å². The molecule has 1 unspecified atom stereocenters. The topological polar surface area (TPSA) is 45.2 Å². The third-order valence-corrected chi connectivity index (χ3v) is 4.98. The number of nitrogens with zero attached hydrogens (tertiary/aromatic N) is 2. The highest BCUT2D eigenvalue weighted by molar-refractivity contribution is 9.10. The fraction of sp³-hybridized carbons (Fsp3) is 0.368. The molecule has 1 aromatic heterocycles. The molecule has 1 aliphatic heterocycles. The fourth-order valence-electron chi connectivity index (χ4n) is 3.04. The zero-order valence-corrected chi connectivity index (χ0v) is 15.6. The number of aryl methyl sites for hydroxylation is 1. The molecular formula is C19H22BrN3O. The molecule has 24 heavy (non-hydrogen) atoms. The zero-order valence-electron chi connectivity index (χ0n) is 14.1. The van der Waals surface area contributed by atoms with Gasteiger partial charge in [0, 0.05) is 29.4 Å². The molecule has 0 saturated carbocycles. The van der Waals surface area contributed by atoms with Gasteiger partial charge in [-0.15, -0.1) is 0 Å². The number of carbonyl (C=O) groups is 1. The number of likely N-dealkylation sites (tertiary alicyclic amines) is 1. The van der Waals surface area contributed by atoms with Crippen molar-refractivity contribution in [3.8, 4) is 0 Å². The van der Waals surface area contributed by atoms with Gasteiger partial charge in [-0.05, 0) is 71.4 Å². The lowest BCUT2D eigenvalue weighted by Crippen LogP contribution is -2.39. The molecule has 0 spiro atoms. The summed E-state index contributed by atoms with van der Waals surface area (Å²) in [6.07, 6.45) is 3.95. The molecule has 126 valence electrons. The lowest BCUT2D eigenvalue weighted by atomic mass is 10.00. The SMILES string of the molecule is Cc1ccc(Nc2ccnc(C(=O)N3CCCC(C)C3)c2)c(Br)c1. The van der Waals surface area contributed by atoms with E-state index in [9.17, 15) is 4.79 Å². The maximum Gasteiger partial charge on any atom is 0.272 e. The molecular weight excluding hydrogens is 366 g/mol. The molecule has 0 bridgehead atoms. The lowest BCUT2D eigenvalue weighted by Gasteiger charge is -2.30. The summed E-state index contributed by atoms with van der Waals surface area (Å²) < 4.78 is 0.997. The van der Waals surface area contributed by atoms with Crippen molar-refractivity contribution in [1.82, 2.24) is 9.88 Å². The van der Waals surface area contributed by atoms with Gasteiger partial charge < -0.3 is 10.2 Å². The number of anilines is 2. The highest BCUT2D eigenvalue weighted by Gasteiger charge is 2.23. The van der Waals surface area contributed by atoms with Crippen LogP contribution in [0.4, 0.5) is 11.4 Å². The highest BCUT2D eigenvalue weighted by atomic mass is 79.9. The third-order valence-electron chi connectivity index (χ3n) is 4.33. The molecule has 4 nitrogen and oxygen atoms in total. The third kappa shape index (κ3) is 3.96. The summed E-state index contributed by atoms with van der Waals surface area (Å²) in [5.74, 6) is 0.584. The standard InChI is InChI=1S/C19H22BrN3O/c1-13-5-6-17(16(20)10-13)22-15-7-8-21-18(11-15)19(24)23-9-3-4-14(2)12-23/h5-8,10-11,14H,3-4,9,12H2,1-2H3,(H,21,22). The summed E-state index contributed by atoms with van der Waals surface area (Å²) in [6, 6.07) is 9.84. The van der Waals surface area contributed by atoms with E-state index >= 15 is 0 Å². The van der Waals surface area contributed by atoms with Crippen molar-refractivity contribution in [1.29, 1.82) is 0 Å². The molecule has 1 atom stereocenters. The minimum absolute atomic E-state index is 0.0215. The Kier molecular flexibility index (Phi) is 5.19. The second-order valence-electron chi connectivity index (χ2n) is 6.54. The van der Waals surface area contributed by atoms with Crippen molar-refractivity contribution >= 4 is 33.2 Å². The largest absolute Gasteiger partial charge is 0.354 e. The van der Waals surface area contributed by atoms with Gasteiger partial charge in [-0.2, -0.15) is 0 Å². The van der Waals surface area contributed by atoms with Gasteiger partial charge in [0.05, 0.1) is 5.69 Å². The van der Waals surface area contributed by atoms with Gasteiger partial charge in [-0.25, -0.2) is 0 Å². The van der Waals surface area contributed by atoms with Crippen molar-refractivity contribution < 1.29 is 4.79 Å². The van der Waals surface area contributed by atoms with Crippen LogP contribution in [0.1, 0.15) is 35.8 Å². The first-order valence-electron chi connectivity index (χ1n) is 8.31. The summed E-state index contributed by atoms with van der Waals surface area (Å²) in [5, 5.41) is 3.35. The Morgan fingerprint density at radius 1 is 1.33 bits per heavy atom. The lowest BCUT2D eigenvalue weighted by molar-refractivity contribution is 0.0677. The number of aromatic nitrogens is 1. The van der Waals surface area contributed by atoms with Crippen LogP contribution in [0.15, 0.2) is 41.0 Å². The number of amides is 1. The van der Waals surface area contributed by atoms with Crippen LogP contribution in [0.3, 0.4) is 0 Å². The first kappa shape index (κ1) is 17.0. The van der Waals surface area contributed by atoms with Crippen molar-refractivity contribution in [2.45, 2.75) is 26.7 Å². The number of hydrogen-bond donors (Lipinski definition) is 1. The van der Waals surface area contributed by atoms with Crippen LogP contribution in [-0.4, -0.2) is 28.9 Å². The van der Waals surface area contributed by atoms with E-state index in [4.69, 9.17) is 0 Å². The van der Waals surface area contributed by atoms with E-state index in [0.717, 1.165) is 35.4 Å². The van der Waals surface area contributed by atoms with E-state index in [0.29, 0.717) is 11.6 Å². The average Bonchev–Trinajstić information content (AvgIpc) is 2.57. The minimum atomic E-state index is 0.0215. The van der Waals surface area contributed by atoms with Gasteiger partial charge >= 0.3 is 0 Å². The second kappa shape index (κ2) is 7.34. The summed E-state index contributed by atoms with van der Waals surface area (Å²) in [6.45, 7) is 5.89. The van der Waals surface area contributed by atoms with E-state index in [1.165, 1.54) is 12.0 Å². The van der Waals surface area contributed by atoms with E-state index in [-0.39, 0.29) is 5.91 Å². The summed E-state index contributed by atoms with van der Waals surface area (Å²) in [7, 11) is 0. The molecule has 1 fully saturated rings. The Morgan fingerprint density at radius 2 is 2.17 bits per heavy atom. The van der Waals surface area contributed by atoms with Gasteiger partial charge in [0.2, 0.25) is 0 Å². The first-order chi connectivity index (χ1) is 11.5. The molecule has 1 saturated heterocycles. The predicted molar refractivity (Wildman–Crippen MR) is 101 cm³/mol. The summed E-state index contributed by atoms with van der Waals surface area (Å²) in [5.41, 5.74) is 3.52. The van der Waals surface area contributed by atoms with Crippen LogP contribution in [0.5, 0.6) is 0 Å². The molecule has 1 amide bonds. The van der Waals surface area contributed by atoms with Crippen LogP contribution >= 0.6 is 15.9 Å². The number of carbonyl (C=O) groups excluding carboxylic acids is 1. The molecule has 3 rings (SSSR count). The van der Waals surface area contributed by atoms with Gasteiger partial charge in [0.15, 0.2) is 0 Å². The maximum absolute atomic E-state index is 12.7. The van der Waals surface area contributed by atoms with E-state index in [1.54, 1.807) is 6.20 Å². The Morgan fingerprint density at radius 3 is 2.92 bits per heavy atom. The molecule has 1 aliphatic rings. The Hall–Kier alpha value is -1.88. The predicted octanol–water partition coefficient (Wildman–Crippen LogP) is 4.77.